The van der Waals surface area contributed by atoms with Gasteiger partial charge in [-0.05, 0) is 51.6 Å². The summed E-state index contributed by atoms with van der Waals surface area (Å²) in [4.78, 5) is 13.5. The summed E-state index contributed by atoms with van der Waals surface area (Å²) in [5.74, 6) is 0. The Balaban J connectivity index is 2.01. The second kappa shape index (κ2) is 17.8. The van der Waals surface area contributed by atoms with E-state index in [0.29, 0.717) is 6.04 Å². The number of unbranched alkanes of at least 4 members (excludes halogenated alkanes) is 10. The first-order chi connectivity index (χ1) is 12.9. The maximum atomic E-state index is 10.8. The van der Waals surface area contributed by atoms with Crippen LogP contribution < -0.4 is 0 Å². The molecule has 26 heavy (non-hydrogen) atoms. The first-order valence-electron chi connectivity index (χ1n) is 11.7. The fourth-order valence-corrected chi connectivity index (χ4v) is 4.31. The van der Waals surface area contributed by atoms with E-state index in [1.54, 1.807) is 0 Å². The van der Waals surface area contributed by atoms with Crippen molar-refractivity contribution >= 4 is 6.29 Å². The molecule has 152 valence electrons. The Labute approximate surface area is 163 Å². The van der Waals surface area contributed by atoms with Crippen LogP contribution in [0.15, 0.2) is 12.7 Å². The third-order valence-electron chi connectivity index (χ3n) is 5.97. The molecule has 0 aromatic rings. The molecule has 1 aliphatic rings. The van der Waals surface area contributed by atoms with Crippen LogP contribution in [0.25, 0.3) is 0 Å². The van der Waals surface area contributed by atoms with Crippen LogP contribution in [0.5, 0.6) is 0 Å². The van der Waals surface area contributed by atoms with Crippen LogP contribution >= 0.6 is 0 Å². The highest BCUT2D eigenvalue weighted by Crippen LogP contribution is 2.20. The van der Waals surface area contributed by atoms with Gasteiger partial charge in [-0.3, -0.25) is 0 Å². The Morgan fingerprint density at radius 1 is 0.692 bits per heavy atom. The number of carbonyl (C=O) groups excluding carboxylic acids is 1. The van der Waals surface area contributed by atoms with Crippen molar-refractivity contribution in [3.05, 3.63) is 12.7 Å². The lowest BCUT2D eigenvalue weighted by atomic mass is 10.00. The zero-order chi connectivity index (χ0) is 18.7. The van der Waals surface area contributed by atoms with Crippen LogP contribution in [-0.4, -0.2) is 30.3 Å². The molecule has 2 heteroatoms. The molecule has 1 saturated heterocycles. The van der Waals surface area contributed by atoms with Gasteiger partial charge in [-0.1, -0.05) is 76.7 Å². The molecule has 1 aliphatic heterocycles. The molecular formula is C24H45NO. The predicted octanol–water partition coefficient (Wildman–Crippen LogP) is 7.08. The molecule has 0 spiro atoms. The third-order valence-corrected chi connectivity index (χ3v) is 5.97. The second-order valence-corrected chi connectivity index (χ2v) is 8.25. The minimum Gasteiger partial charge on any atom is -0.303 e. The number of allylic oxidation sites excluding steroid dienone is 1. The van der Waals surface area contributed by atoms with E-state index in [1.165, 1.54) is 116 Å². The van der Waals surface area contributed by atoms with Crippen molar-refractivity contribution in [3.8, 4) is 0 Å². The van der Waals surface area contributed by atoms with Crippen molar-refractivity contribution in [1.29, 1.82) is 0 Å². The molecule has 2 nitrogen and oxygen atoms in total. The maximum absolute atomic E-state index is 10.8. The molecule has 0 bridgehead atoms. The van der Waals surface area contributed by atoms with Gasteiger partial charge in [0.15, 0.2) is 0 Å². The normalized spacial score (nSPS) is 16.9. The second-order valence-electron chi connectivity index (χ2n) is 8.25. The Morgan fingerprint density at radius 3 is 1.77 bits per heavy atom. The molecule has 0 aromatic heterocycles. The lowest BCUT2D eigenvalue weighted by Crippen LogP contribution is -2.36. The molecule has 0 aromatic carbocycles. The quantitative estimate of drug-likeness (QED) is 0.156. The van der Waals surface area contributed by atoms with Crippen LogP contribution in [0, 0.1) is 0 Å². The smallest absolute Gasteiger partial charge is 0.120 e. The van der Waals surface area contributed by atoms with E-state index in [4.69, 9.17) is 0 Å². The molecule has 1 rings (SSSR count). The summed E-state index contributed by atoms with van der Waals surface area (Å²) in [5.41, 5.74) is 0. The Hall–Kier alpha value is -0.630. The molecule has 0 aliphatic carbocycles. The fraction of sp³-hybridized carbons (Fsp3) is 0.875. The molecule has 0 amide bonds. The van der Waals surface area contributed by atoms with Gasteiger partial charge in [0.1, 0.15) is 6.29 Å². The van der Waals surface area contributed by atoms with E-state index in [1.807, 2.05) is 6.08 Å². The highest BCUT2D eigenvalue weighted by molar-refractivity contribution is 5.49. The number of likely N-dealkylation sites (tertiary alicyclic amines) is 1. The SMILES string of the molecule is C=CCCCCCCCCCCCCC(CCC=O)N1CCCCCC1. The van der Waals surface area contributed by atoms with Gasteiger partial charge in [0.25, 0.3) is 0 Å². The zero-order valence-electron chi connectivity index (χ0n) is 17.4. The monoisotopic (exact) mass is 363 g/mol. The molecular weight excluding hydrogens is 318 g/mol. The largest absolute Gasteiger partial charge is 0.303 e. The Kier molecular flexibility index (Phi) is 16.0. The van der Waals surface area contributed by atoms with Crippen molar-refractivity contribution in [1.82, 2.24) is 4.90 Å². The van der Waals surface area contributed by atoms with Crippen molar-refractivity contribution in [2.75, 3.05) is 13.1 Å². The summed E-state index contributed by atoms with van der Waals surface area (Å²) in [6.07, 6.45) is 26.9. The van der Waals surface area contributed by atoms with Crippen molar-refractivity contribution in [3.63, 3.8) is 0 Å². The molecule has 1 atom stereocenters. The Bertz CT molecular complexity index is 320. The van der Waals surface area contributed by atoms with Gasteiger partial charge in [0.05, 0.1) is 0 Å². The number of nitrogens with zero attached hydrogens (tertiary/aromatic N) is 1. The average Bonchev–Trinajstić information content (AvgIpc) is 2.94. The zero-order valence-corrected chi connectivity index (χ0v) is 17.4. The highest BCUT2D eigenvalue weighted by atomic mass is 16.1. The van der Waals surface area contributed by atoms with Crippen LogP contribution in [0.4, 0.5) is 0 Å². The van der Waals surface area contributed by atoms with Crippen molar-refractivity contribution in [2.24, 2.45) is 0 Å². The van der Waals surface area contributed by atoms with Crippen LogP contribution in [-0.2, 0) is 4.79 Å². The number of aldehydes is 1. The average molecular weight is 364 g/mol. The topological polar surface area (TPSA) is 20.3 Å². The van der Waals surface area contributed by atoms with Gasteiger partial charge in [0.2, 0.25) is 0 Å². The van der Waals surface area contributed by atoms with Crippen LogP contribution in [0.2, 0.25) is 0 Å². The van der Waals surface area contributed by atoms with E-state index in [-0.39, 0.29) is 0 Å². The van der Waals surface area contributed by atoms with E-state index in [9.17, 15) is 4.79 Å². The summed E-state index contributed by atoms with van der Waals surface area (Å²) in [7, 11) is 0. The van der Waals surface area contributed by atoms with Crippen molar-refractivity contribution in [2.45, 2.75) is 122 Å². The first kappa shape index (κ1) is 23.4. The molecule has 1 unspecified atom stereocenters. The van der Waals surface area contributed by atoms with E-state index < -0.39 is 0 Å². The molecule has 0 radical (unpaired) electrons. The van der Waals surface area contributed by atoms with E-state index in [0.717, 1.165) is 19.1 Å². The number of hydrogen-bond acceptors (Lipinski definition) is 2. The van der Waals surface area contributed by atoms with Crippen LogP contribution in [0.3, 0.4) is 0 Å². The van der Waals surface area contributed by atoms with E-state index in [2.05, 4.69) is 11.5 Å². The minimum atomic E-state index is 0.661. The molecule has 0 saturated carbocycles. The summed E-state index contributed by atoms with van der Waals surface area (Å²) >= 11 is 0. The summed E-state index contributed by atoms with van der Waals surface area (Å²) < 4.78 is 0. The maximum Gasteiger partial charge on any atom is 0.120 e. The molecule has 1 fully saturated rings. The molecule has 0 N–H and O–H groups in total. The first-order valence-corrected chi connectivity index (χ1v) is 11.7. The number of carbonyl (C=O) groups is 1. The fourth-order valence-electron chi connectivity index (χ4n) is 4.31. The summed E-state index contributed by atoms with van der Waals surface area (Å²) in [6.45, 7) is 6.30. The van der Waals surface area contributed by atoms with Gasteiger partial charge in [-0.2, -0.15) is 0 Å². The van der Waals surface area contributed by atoms with Crippen LogP contribution in [0.1, 0.15) is 116 Å². The van der Waals surface area contributed by atoms with E-state index >= 15 is 0 Å². The summed E-state index contributed by atoms with van der Waals surface area (Å²) in [5, 5.41) is 0. The molecule has 1 heterocycles. The Morgan fingerprint density at radius 2 is 1.23 bits per heavy atom. The standard InChI is InChI=1S/C24H45NO/c1-2-3-4-5-6-7-8-9-10-11-12-15-19-24(20-18-23-26)25-21-16-13-14-17-22-25/h2,23-24H,1,3-22H2. The lowest BCUT2D eigenvalue weighted by molar-refractivity contribution is -0.108. The minimum absolute atomic E-state index is 0.661. The number of rotatable bonds is 17. The number of hydrogen-bond donors (Lipinski definition) is 0. The predicted molar refractivity (Wildman–Crippen MR) is 115 cm³/mol. The van der Waals surface area contributed by atoms with Gasteiger partial charge in [0, 0.05) is 12.5 Å². The van der Waals surface area contributed by atoms with Crippen molar-refractivity contribution < 1.29 is 4.79 Å². The third kappa shape index (κ3) is 12.7. The van der Waals surface area contributed by atoms with Gasteiger partial charge in [-0.15, -0.1) is 6.58 Å². The van der Waals surface area contributed by atoms with Gasteiger partial charge in [-0.25, -0.2) is 0 Å². The lowest BCUT2D eigenvalue weighted by Gasteiger charge is -2.30. The summed E-state index contributed by atoms with van der Waals surface area (Å²) in [6, 6.07) is 0.661. The van der Waals surface area contributed by atoms with Gasteiger partial charge < -0.3 is 9.69 Å². The highest BCUT2D eigenvalue weighted by Gasteiger charge is 2.18. The van der Waals surface area contributed by atoms with Gasteiger partial charge >= 0.3 is 0 Å².